The number of aromatic nitrogens is 1. The van der Waals surface area contributed by atoms with Crippen LogP contribution < -0.4 is 5.32 Å². The number of nitrogens with one attached hydrogen (secondary N) is 1. The molecule has 7 heteroatoms. The normalized spacial score (nSPS) is 29.7. The van der Waals surface area contributed by atoms with Crippen LogP contribution in [0.3, 0.4) is 0 Å². The number of amides is 1. The van der Waals surface area contributed by atoms with E-state index in [1.54, 1.807) is 25.2 Å². The Labute approximate surface area is 216 Å². The Kier molecular flexibility index (Phi) is 13.4. The number of hydrogen-bond donors (Lipinski definition) is 3. The minimum Gasteiger partial charge on any atom is -0.400 e. The van der Waals surface area contributed by atoms with Gasteiger partial charge in [-0.2, -0.15) is 0 Å². The number of rotatable bonds is 2. The summed E-state index contributed by atoms with van der Waals surface area (Å²) >= 11 is 1.61. The summed E-state index contributed by atoms with van der Waals surface area (Å²) in [6.45, 7) is 14.0. The minimum atomic E-state index is -1.01. The maximum absolute atomic E-state index is 13.1. The molecule has 5 atom stereocenters. The second-order valence-electron chi connectivity index (χ2n) is 11.0. The third kappa shape index (κ3) is 10.1. The molecule has 0 aliphatic carbocycles. The Hall–Kier alpha value is -1.57. The average molecular weight is 509 g/mol. The summed E-state index contributed by atoms with van der Waals surface area (Å²) in [4.78, 5) is 30.6. The third-order valence-corrected chi connectivity index (χ3v) is 8.08. The van der Waals surface area contributed by atoms with Crippen molar-refractivity contribution in [1.29, 1.82) is 0 Å². The molecule has 200 valence electrons. The van der Waals surface area contributed by atoms with Crippen LogP contribution in [0.5, 0.6) is 0 Å². The van der Waals surface area contributed by atoms with E-state index in [1.807, 2.05) is 32.2 Å². The van der Waals surface area contributed by atoms with Gasteiger partial charge < -0.3 is 15.5 Å². The van der Waals surface area contributed by atoms with E-state index >= 15 is 0 Å². The first kappa shape index (κ1) is 31.5. The Morgan fingerprint density at radius 3 is 2.34 bits per heavy atom. The third-order valence-electron chi connectivity index (χ3n) is 7.29. The molecule has 2 rings (SSSR count). The molecule has 3 N–H and O–H groups in total. The van der Waals surface area contributed by atoms with Crippen molar-refractivity contribution in [2.24, 2.45) is 23.2 Å². The first-order valence-electron chi connectivity index (χ1n) is 13.0. The predicted molar refractivity (Wildman–Crippen MR) is 145 cm³/mol. The average Bonchev–Trinajstić information content (AvgIpc) is 3.20. The van der Waals surface area contributed by atoms with Crippen LogP contribution in [0.25, 0.3) is 6.08 Å². The fourth-order valence-corrected chi connectivity index (χ4v) is 5.49. The van der Waals surface area contributed by atoms with Crippen LogP contribution in [0.1, 0.15) is 97.2 Å². The molecule has 1 fully saturated rings. The second kappa shape index (κ2) is 14.9. The van der Waals surface area contributed by atoms with Crippen LogP contribution >= 0.6 is 11.3 Å². The van der Waals surface area contributed by atoms with Gasteiger partial charge in [0.25, 0.3) is 0 Å². The van der Waals surface area contributed by atoms with Crippen LogP contribution in [0.2, 0.25) is 0 Å². The molecule has 2 heterocycles. The van der Waals surface area contributed by atoms with Crippen LogP contribution in [-0.4, -0.2) is 46.1 Å². The smallest absolute Gasteiger partial charge is 0.223 e. The van der Waals surface area contributed by atoms with Crippen LogP contribution in [0.15, 0.2) is 11.0 Å². The topological polar surface area (TPSA) is 99.5 Å². The van der Waals surface area contributed by atoms with Crippen molar-refractivity contribution in [3.8, 4) is 0 Å². The minimum absolute atomic E-state index is 0.0432. The predicted octanol–water partition coefficient (Wildman–Crippen LogP) is 5.56. The molecule has 35 heavy (non-hydrogen) atoms. The van der Waals surface area contributed by atoms with E-state index in [-0.39, 0.29) is 30.1 Å². The van der Waals surface area contributed by atoms with Gasteiger partial charge in [-0.15, -0.1) is 11.3 Å². The first-order chi connectivity index (χ1) is 16.4. The molecule has 0 bridgehead atoms. The monoisotopic (exact) mass is 508 g/mol. The lowest BCUT2D eigenvalue weighted by atomic mass is 9.74. The number of hydrogen-bond acceptors (Lipinski definition) is 6. The van der Waals surface area contributed by atoms with E-state index in [1.165, 1.54) is 0 Å². The Morgan fingerprint density at radius 1 is 1.11 bits per heavy atom. The summed E-state index contributed by atoms with van der Waals surface area (Å²) in [6.07, 6.45) is 7.10. The molecule has 0 saturated carbocycles. The first-order valence-corrected chi connectivity index (χ1v) is 13.8. The van der Waals surface area contributed by atoms with E-state index in [4.69, 9.17) is 5.11 Å². The summed E-state index contributed by atoms with van der Waals surface area (Å²) in [5.74, 6) is 0.748. The van der Waals surface area contributed by atoms with E-state index in [0.717, 1.165) is 61.9 Å². The van der Waals surface area contributed by atoms with Crippen LogP contribution in [-0.2, 0) is 9.59 Å². The summed E-state index contributed by atoms with van der Waals surface area (Å²) in [5, 5.41) is 24.1. The SMILES string of the molecule is C/C(=C\c1csc(C)n1)[C@@H]1CC[C@@H](C)CCC[C@H](C)C[C@@H](C)C(=O)C(C)(C)[C@@H](O)CC(=O)N1.CO. The zero-order chi connectivity index (χ0) is 26.8. The standard InChI is InChI=1S/C27H44N2O3S.CH4O/c1-17-9-8-10-18(2)13-20(4)26(32)27(6,7)24(30)15-25(31)29-23(12-11-17)19(3)14-22-16-33-21(5)28-22;1-2/h14,16-18,20,23-24,30H,8-13,15H2,1-7H3,(H,29,31);2H,1H3/b19-14+;/t17-,18-,20+,23-,24-;/m0./s1. The highest BCUT2D eigenvalue weighted by molar-refractivity contribution is 7.09. The van der Waals surface area contributed by atoms with Gasteiger partial charge in [0.2, 0.25) is 5.91 Å². The molecule has 0 radical (unpaired) electrons. The maximum Gasteiger partial charge on any atom is 0.223 e. The Balaban J connectivity index is 0.00000298. The highest BCUT2D eigenvalue weighted by atomic mass is 32.1. The molecule has 1 aromatic heterocycles. The lowest BCUT2D eigenvalue weighted by Crippen LogP contribution is -2.45. The van der Waals surface area contributed by atoms with Crippen molar-refractivity contribution in [3.63, 3.8) is 0 Å². The van der Waals surface area contributed by atoms with E-state index in [0.29, 0.717) is 11.8 Å². The molecule has 0 aromatic carbocycles. The van der Waals surface area contributed by atoms with Gasteiger partial charge in [-0.3, -0.25) is 9.59 Å². The van der Waals surface area contributed by atoms with Crippen molar-refractivity contribution in [1.82, 2.24) is 10.3 Å². The van der Waals surface area contributed by atoms with E-state index < -0.39 is 11.5 Å². The fraction of sp³-hybridized carbons (Fsp3) is 0.750. The molecule has 1 aromatic rings. The summed E-state index contributed by atoms with van der Waals surface area (Å²) in [7, 11) is 1.00. The van der Waals surface area contributed by atoms with Gasteiger partial charge in [0.1, 0.15) is 5.78 Å². The number of nitrogens with zero attached hydrogens (tertiary/aromatic N) is 1. The van der Waals surface area contributed by atoms with Gasteiger partial charge in [-0.05, 0) is 56.6 Å². The van der Waals surface area contributed by atoms with Gasteiger partial charge in [0, 0.05) is 18.4 Å². The summed E-state index contributed by atoms with van der Waals surface area (Å²) < 4.78 is 0. The lowest BCUT2D eigenvalue weighted by molar-refractivity contribution is -0.139. The zero-order valence-electron chi connectivity index (χ0n) is 23.1. The lowest BCUT2D eigenvalue weighted by Gasteiger charge is -2.33. The van der Waals surface area contributed by atoms with Gasteiger partial charge in [-0.1, -0.05) is 53.9 Å². The largest absolute Gasteiger partial charge is 0.400 e. The highest BCUT2D eigenvalue weighted by Gasteiger charge is 2.39. The van der Waals surface area contributed by atoms with Crippen LogP contribution in [0.4, 0.5) is 0 Å². The molecule has 1 aliphatic rings. The molecule has 0 unspecified atom stereocenters. The number of aryl methyl sites for hydroxylation is 1. The van der Waals surface area contributed by atoms with Crippen molar-refractivity contribution < 1.29 is 19.8 Å². The molecule has 6 nitrogen and oxygen atoms in total. The van der Waals surface area contributed by atoms with Crippen molar-refractivity contribution in [2.75, 3.05) is 7.11 Å². The van der Waals surface area contributed by atoms with E-state index in [9.17, 15) is 14.7 Å². The molecule has 0 spiro atoms. The summed E-state index contributed by atoms with van der Waals surface area (Å²) in [6, 6.07) is -0.112. The Bertz CT molecular complexity index is 833. The number of thiazole rings is 1. The fourth-order valence-electron chi connectivity index (χ4n) is 4.92. The second-order valence-corrected chi connectivity index (χ2v) is 12.0. The van der Waals surface area contributed by atoms with Crippen molar-refractivity contribution >= 4 is 29.1 Å². The highest BCUT2D eigenvalue weighted by Crippen LogP contribution is 2.32. The Morgan fingerprint density at radius 2 is 1.74 bits per heavy atom. The number of aliphatic hydroxyl groups is 2. The number of Topliss-reactive ketones (excluding diaryl/α,β-unsaturated/α-hetero) is 1. The van der Waals surface area contributed by atoms with Crippen molar-refractivity contribution in [2.45, 2.75) is 106 Å². The van der Waals surface area contributed by atoms with Crippen LogP contribution in [0, 0.1) is 30.1 Å². The number of carbonyl (C=O) groups is 2. The molecule has 1 aliphatic heterocycles. The quantitative estimate of drug-likeness (QED) is 0.486. The van der Waals surface area contributed by atoms with Gasteiger partial charge >= 0.3 is 0 Å². The number of carbonyl (C=O) groups excluding carboxylic acids is 2. The van der Waals surface area contributed by atoms with Gasteiger partial charge in [0.05, 0.1) is 34.7 Å². The molecule has 1 amide bonds. The zero-order valence-corrected chi connectivity index (χ0v) is 23.9. The molecule has 1 saturated heterocycles. The maximum atomic E-state index is 13.1. The molecular weight excluding hydrogens is 460 g/mol. The molecular formula is C28H48N2O4S. The summed E-state index contributed by atoms with van der Waals surface area (Å²) in [5.41, 5.74) is 1.02. The van der Waals surface area contributed by atoms with Gasteiger partial charge in [-0.25, -0.2) is 4.98 Å². The number of aliphatic hydroxyl groups excluding tert-OH is 2. The van der Waals surface area contributed by atoms with Gasteiger partial charge in [0.15, 0.2) is 0 Å². The number of ketones is 1. The van der Waals surface area contributed by atoms with E-state index in [2.05, 4.69) is 24.1 Å². The van der Waals surface area contributed by atoms with Crippen molar-refractivity contribution in [3.05, 3.63) is 21.7 Å².